The number of aromatic nitrogens is 1. The average molecular weight is 363 g/mol. The van der Waals surface area contributed by atoms with Crippen LogP contribution in [0.15, 0.2) is 72.9 Å². The lowest BCUT2D eigenvalue weighted by molar-refractivity contribution is 0.415. The molecule has 0 bridgehead atoms. The third-order valence-corrected chi connectivity index (χ3v) is 4.26. The van der Waals surface area contributed by atoms with Crippen LogP contribution < -0.4 is 15.4 Å². The number of rotatable bonds is 5. The first kappa shape index (κ1) is 17.9. The largest absolute Gasteiger partial charge is 0.493 e. The predicted molar refractivity (Wildman–Crippen MR) is 110 cm³/mol. The molecule has 5 heteroatoms. The number of nitrogens with zero attached hydrogens (tertiary/aromatic N) is 1. The monoisotopic (exact) mass is 363 g/mol. The number of thiocarbonyl (C=S) groups is 1. The maximum atomic E-state index is 5.53. The van der Waals surface area contributed by atoms with E-state index in [1.54, 1.807) is 13.3 Å². The van der Waals surface area contributed by atoms with Gasteiger partial charge >= 0.3 is 0 Å². The molecule has 0 radical (unpaired) electrons. The number of ether oxygens (including phenoxy) is 1. The number of hydrogen-bond acceptors (Lipinski definition) is 3. The summed E-state index contributed by atoms with van der Waals surface area (Å²) in [7, 11) is 1.61. The Labute approximate surface area is 159 Å². The second kappa shape index (κ2) is 8.45. The van der Waals surface area contributed by atoms with Crippen LogP contribution in [-0.2, 0) is 0 Å². The second-order valence-electron chi connectivity index (χ2n) is 5.91. The zero-order valence-corrected chi connectivity index (χ0v) is 15.6. The van der Waals surface area contributed by atoms with Gasteiger partial charge in [-0.25, -0.2) is 4.98 Å². The van der Waals surface area contributed by atoms with Crippen LogP contribution in [0.4, 0.5) is 5.82 Å². The summed E-state index contributed by atoms with van der Waals surface area (Å²) in [6.45, 7) is 2.08. The molecule has 0 saturated heterocycles. The lowest BCUT2D eigenvalue weighted by Gasteiger charge is -2.22. The van der Waals surface area contributed by atoms with Gasteiger partial charge in [-0.3, -0.25) is 0 Å². The Morgan fingerprint density at radius 1 is 0.962 bits per heavy atom. The van der Waals surface area contributed by atoms with E-state index in [1.807, 2.05) is 30.3 Å². The summed E-state index contributed by atoms with van der Waals surface area (Å²) in [5.74, 6) is 1.23. The molecule has 0 aliphatic rings. The first-order valence-corrected chi connectivity index (χ1v) is 8.76. The van der Waals surface area contributed by atoms with E-state index in [4.69, 9.17) is 17.0 Å². The minimum Gasteiger partial charge on any atom is -0.493 e. The zero-order valence-electron chi connectivity index (χ0n) is 14.8. The van der Waals surface area contributed by atoms with Crippen LogP contribution in [0.2, 0.25) is 0 Å². The molecule has 4 nitrogen and oxygen atoms in total. The van der Waals surface area contributed by atoms with Crippen LogP contribution in [0.5, 0.6) is 5.75 Å². The van der Waals surface area contributed by atoms with Crippen molar-refractivity contribution in [2.75, 3.05) is 12.4 Å². The first-order valence-electron chi connectivity index (χ1n) is 8.35. The van der Waals surface area contributed by atoms with Crippen molar-refractivity contribution in [3.8, 4) is 5.75 Å². The van der Waals surface area contributed by atoms with Gasteiger partial charge in [0.05, 0.1) is 13.2 Å². The van der Waals surface area contributed by atoms with Gasteiger partial charge in [-0.1, -0.05) is 60.2 Å². The van der Waals surface area contributed by atoms with E-state index in [1.165, 1.54) is 5.56 Å². The molecule has 1 heterocycles. The molecule has 1 aromatic heterocycles. The van der Waals surface area contributed by atoms with Crippen LogP contribution >= 0.6 is 12.2 Å². The third-order valence-electron chi connectivity index (χ3n) is 4.04. The van der Waals surface area contributed by atoms with Crippen molar-refractivity contribution in [3.05, 3.63) is 89.6 Å². The van der Waals surface area contributed by atoms with Gasteiger partial charge in [-0.15, -0.1) is 0 Å². The number of hydrogen-bond donors (Lipinski definition) is 2. The third kappa shape index (κ3) is 4.37. The number of aryl methyl sites for hydroxylation is 1. The zero-order chi connectivity index (χ0) is 18.4. The quantitative estimate of drug-likeness (QED) is 0.655. The van der Waals surface area contributed by atoms with E-state index in [2.05, 4.69) is 58.9 Å². The maximum absolute atomic E-state index is 5.53. The fraction of sp³-hybridized carbons (Fsp3) is 0.143. The summed E-state index contributed by atoms with van der Waals surface area (Å²) in [6.07, 6.45) is 1.70. The number of methoxy groups -OCH3 is 1. The molecule has 0 unspecified atom stereocenters. The summed E-state index contributed by atoms with van der Waals surface area (Å²) in [5, 5.41) is 7.00. The van der Waals surface area contributed by atoms with Gasteiger partial charge in [0.15, 0.2) is 16.7 Å². The average Bonchev–Trinajstić information content (AvgIpc) is 2.68. The molecule has 0 saturated carbocycles. The van der Waals surface area contributed by atoms with Gasteiger partial charge in [0.25, 0.3) is 0 Å². The van der Waals surface area contributed by atoms with Crippen molar-refractivity contribution in [2.45, 2.75) is 13.0 Å². The highest BCUT2D eigenvalue weighted by molar-refractivity contribution is 7.80. The van der Waals surface area contributed by atoms with E-state index >= 15 is 0 Å². The lowest BCUT2D eigenvalue weighted by Crippen LogP contribution is -2.33. The summed E-state index contributed by atoms with van der Waals surface area (Å²) in [4.78, 5) is 4.29. The minimum atomic E-state index is -0.0634. The summed E-state index contributed by atoms with van der Waals surface area (Å²) >= 11 is 5.53. The Morgan fingerprint density at radius 2 is 1.65 bits per heavy atom. The van der Waals surface area contributed by atoms with Crippen molar-refractivity contribution in [1.82, 2.24) is 10.3 Å². The van der Waals surface area contributed by atoms with E-state index < -0.39 is 0 Å². The standard InChI is InChI=1S/C21H21N3OS/c1-15-10-12-17(13-11-15)19(16-7-4-3-5-8-16)23-21(26)24-20-18(25-2)9-6-14-22-20/h3-14,19H,1-2H3,(H2,22,23,24,26)/t19-/m0/s1. The highest BCUT2D eigenvalue weighted by Gasteiger charge is 2.16. The van der Waals surface area contributed by atoms with Gasteiger partial charge < -0.3 is 15.4 Å². The molecule has 0 spiro atoms. The molecule has 0 amide bonds. The molecular weight excluding hydrogens is 342 g/mol. The van der Waals surface area contributed by atoms with Crippen molar-refractivity contribution in [3.63, 3.8) is 0 Å². The first-order chi connectivity index (χ1) is 12.7. The topological polar surface area (TPSA) is 46.2 Å². The number of pyridine rings is 1. The summed E-state index contributed by atoms with van der Waals surface area (Å²) in [5.41, 5.74) is 3.49. The maximum Gasteiger partial charge on any atom is 0.174 e. The predicted octanol–water partition coefficient (Wildman–Crippen LogP) is 4.47. The van der Waals surface area contributed by atoms with Gasteiger partial charge in [0, 0.05) is 6.20 Å². The highest BCUT2D eigenvalue weighted by atomic mass is 32.1. The second-order valence-corrected chi connectivity index (χ2v) is 6.32. The van der Waals surface area contributed by atoms with Crippen LogP contribution in [0, 0.1) is 6.92 Å². The van der Waals surface area contributed by atoms with E-state index in [-0.39, 0.29) is 6.04 Å². The molecule has 26 heavy (non-hydrogen) atoms. The smallest absolute Gasteiger partial charge is 0.174 e. The van der Waals surface area contributed by atoms with Crippen molar-refractivity contribution in [2.24, 2.45) is 0 Å². The Balaban J connectivity index is 1.83. The highest BCUT2D eigenvalue weighted by Crippen LogP contribution is 2.24. The van der Waals surface area contributed by atoms with Crippen LogP contribution in [0.1, 0.15) is 22.7 Å². The minimum absolute atomic E-state index is 0.0634. The number of benzene rings is 2. The molecule has 3 aromatic rings. The molecule has 2 N–H and O–H groups in total. The Morgan fingerprint density at radius 3 is 2.35 bits per heavy atom. The fourth-order valence-electron chi connectivity index (χ4n) is 2.69. The van der Waals surface area contributed by atoms with Crippen molar-refractivity contribution >= 4 is 23.1 Å². The normalized spacial score (nSPS) is 11.5. The van der Waals surface area contributed by atoms with Gasteiger partial charge in [-0.05, 0) is 42.4 Å². The van der Waals surface area contributed by atoms with Gasteiger partial charge in [0.2, 0.25) is 0 Å². The number of nitrogens with one attached hydrogen (secondary N) is 2. The van der Waals surface area contributed by atoms with Gasteiger partial charge in [0.1, 0.15) is 0 Å². The molecule has 132 valence electrons. The SMILES string of the molecule is COc1cccnc1NC(=S)N[C@@H](c1ccccc1)c1ccc(C)cc1. The summed E-state index contributed by atoms with van der Waals surface area (Å²) in [6, 6.07) is 22.3. The van der Waals surface area contributed by atoms with Crippen LogP contribution in [0.3, 0.4) is 0 Å². The fourth-order valence-corrected chi connectivity index (χ4v) is 2.90. The van der Waals surface area contributed by atoms with Crippen LogP contribution in [0.25, 0.3) is 0 Å². The van der Waals surface area contributed by atoms with E-state index in [0.29, 0.717) is 16.7 Å². The summed E-state index contributed by atoms with van der Waals surface area (Å²) < 4.78 is 5.32. The molecule has 1 atom stereocenters. The van der Waals surface area contributed by atoms with E-state index in [9.17, 15) is 0 Å². The molecular formula is C21H21N3OS. The number of anilines is 1. The van der Waals surface area contributed by atoms with Crippen molar-refractivity contribution < 1.29 is 4.74 Å². The van der Waals surface area contributed by atoms with Gasteiger partial charge in [-0.2, -0.15) is 0 Å². The van der Waals surface area contributed by atoms with Crippen molar-refractivity contribution in [1.29, 1.82) is 0 Å². The van der Waals surface area contributed by atoms with E-state index in [0.717, 1.165) is 11.1 Å². The molecule has 2 aromatic carbocycles. The molecule has 0 fully saturated rings. The Kier molecular flexibility index (Phi) is 5.81. The molecule has 3 rings (SSSR count). The Hall–Kier alpha value is -2.92. The molecule has 0 aliphatic carbocycles. The van der Waals surface area contributed by atoms with Crippen LogP contribution in [-0.4, -0.2) is 17.2 Å². The Bertz CT molecular complexity index is 866. The lowest BCUT2D eigenvalue weighted by atomic mass is 9.98. The molecule has 0 aliphatic heterocycles.